The largest absolute Gasteiger partial charge is 0.492 e. The molecule has 6 nitrogen and oxygen atoms in total. The Morgan fingerprint density at radius 2 is 2.19 bits per heavy atom. The average molecular weight is 354 g/mol. The molecule has 0 aliphatic carbocycles. The van der Waals surface area contributed by atoms with Gasteiger partial charge in [0, 0.05) is 57.1 Å². The molecule has 3 heterocycles. The Morgan fingerprint density at radius 1 is 1.31 bits per heavy atom. The van der Waals surface area contributed by atoms with Gasteiger partial charge in [-0.2, -0.15) is 0 Å². The summed E-state index contributed by atoms with van der Waals surface area (Å²) < 4.78 is 7.88. The van der Waals surface area contributed by atoms with Crippen LogP contribution in [0.15, 0.2) is 36.7 Å². The lowest BCUT2D eigenvalue weighted by Crippen LogP contribution is -2.45. The third-order valence-corrected chi connectivity index (χ3v) is 5.39. The Morgan fingerprint density at radius 3 is 3.04 bits per heavy atom. The van der Waals surface area contributed by atoms with E-state index in [1.54, 1.807) is 0 Å². The molecule has 1 saturated heterocycles. The van der Waals surface area contributed by atoms with Crippen molar-refractivity contribution >= 4 is 5.91 Å². The first-order valence-corrected chi connectivity index (χ1v) is 9.39. The number of nitrogens with zero attached hydrogens (tertiary/aromatic N) is 4. The molecule has 0 spiro atoms. The number of hydrogen-bond donors (Lipinski definition) is 0. The molecule has 2 aliphatic rings. The number of carbonyl (C=O) groups excluding carboxylic acids is 1. The summed E-state index contributed by atoms with van der Waals surface area (Å²) in [5.74, 6) is 2.57. The highest BCUT2D eigenvalue weighted by Gasteiger charge is 2.28. The fourth-order valence-electron chi connectivity index (χ4n) is 3.99. The van der Waals surface area contributed by atoms with E-state index < -0.39 is 0 Å². The molecular weight excluding hydrogens is 328 g/mol. The number of carbonyl (C=O) groups is 1. The molecule has 6 heteroatoms. The highest BCUT2D eigenvalue weighted by molar-refractivity contribution is 5.78. The molecule has 1 fully saturated rings. The van der Waals surface area contributed by atoms with Crippen LogP contribution in [-0.4, -0.2) is 58.0 Å². The predicted molar refractivity (Wildman–Crippen MR) is 99.0 cm³/mol. The van der Waals surface area contributed by atoms with Gasteiger partial charge in [-0.15, -0.1) is 0 Å². The zero-order chi connectivity index (χ0) is 17.9. The Bertz CT molecular complexity index is 773. The Balaban J connectivity index is 1.39. The number of rotatable bonds is 3. The third kappa shape index (κ3) is 3.60. The first-order chi connectivity index (χ1) is 12.7. The van der Waals surface area contributed by atoms with Crippen LogP contribution < -0.4 is 4.74 Å². The van der Waals surface area contributed by atoms with Crippen LogP contribution in [0.3, 0.4) is 0 Å². The monoisotopic (exact) mass is 354 g/mol. The van der Waals surface area contributed by atoms with Crippen molar-refractivity contribution in [1.29, 1.82) is 0 Å². The zero-order valence-corrected chi connectivity index (χ0v) is 15.3. The minimum absolute atomic E-state index is 0.211. The van der Waals surface area contributed by atoms with Crippen LogP contribution in [0.4, 0.5) is 0 Å². The van der Waals surface area contributed by atoms with Crippen molar-refractivity contribution in [3.63, 3.8) is 0 Å². The predicted octanol–water partition coefficient (Wildman–Crippen LogP) is 2.02. The Kier molecular flexibility index (Phi) is 4.93. The summed E-state index contributed by atoms with van der Waals surface area (Å²) >= 11 is 0. The molecule has 4 rings (SSSR count). The molecule has 0 saturated carbocycles. The van der Waals surface area contributed by atoms with Gasteiger partial charge < -0.3 is 14.2 Å². The standard InChI is InChI=1S/C20H26N4O2/c1-22-10-8-21-20(22)17-6-4-9-24(14-17)19(25)15-23-11-12-26-18-7-3-2-5-16(18)13-23/h2-3,5,7-8,10,17H,4,6,9,11-15H2,1H3/t17-/m1/s1. The van der Waals surface area contributed by atoms with Gasteiger partial charge in [-0.3, -0.25) is 9.69 Å². The summed E-state index contributed by atoms with van der Waals surface area (Å²) in [7, 11) is 2.03. The molecule has 0 N–H and O–H groups in total. The number of hydrogen-bond acceptors (Lipinski definition) is 4. The Labute approximate surface area is 154 Å². The van der Waals surface area contributed by atoms with Crippen molar-refractivity contribution in [3.8, 4) is 5.75 Å². The first kappa shape index (κ1) is 17.1. The van der Waals surface area contributed by atoms with E-state index in [1.165, 1.54) is 0 Å². The summed E-state index contributed by atoms with van der Waals surface area (Å²) in [6, 6.07) is 8.10. The summed E-state index contributed by atoms with van der Waals surface area (Å²) in [6.45, 7) is 4.23. The number of fused-ring (bicyclic) bond motifs is 1. The van der Waals surface area contributed by atoms with Crippen LogP contribution in [0, 0.1) is 0 Å². The molecule has 2 aromatic rings. The van der Waals surface area contributed by atoms with E-state index in [0.29, 0.717) is 19.1 Å². The molecule has 0 unspecified atom stereocenters. The topological polar surface area (TPSA) is 50.6 Å². The van der Waals surface area contributed by atoms with Crippen LogP contribution in [0.25, 0.3) is 0 Å². The van der Waals surface area contributed by atoms with Crippen molar-refractivity contribution in [3.05, 3.63) is 48.0 Å². The van der Waals surface area contributed by atoms with E-state index in [9.17, 15) is 4.79 Å². The van der Waals surface area contributed by atoms with Crippen LogP contribution in [-0.2, 0) is 18.4 Å². The van der Waals surface area contributed by atoms with E-state index in [0.717, 1.165) is 56.2 Å². The number of piperidine rings is 1. The van der Waals surface area contributed by atoms with E-state index in [1.807, 2.05) is 42.5 Å². The highest BCUT2D eigenvalue weighted by Crippen LogP contribution is 2.26. The molecule has 1 atom stereocenters. The van der Waals surface area contributed by atoms with Gasteiger partial charge in [0.15, 0.2) is 0 Å². The molecule has 1 amide bonds. The van der Waals surface area contributed by atoms with E-state index in [-0.39, 0.29) is 5.91 Å². The molecule has 26 heavy (non-hydrogen) atoms. The first-order valence-electron chi connectivity index (χ1n) is 9.39. The number of aromatic nitrogens is 2. The summed E-state index contributed by atoms with van der Waals surface area (Å²) in [5.41, 5.74) is 1.15. The second-order valence-corrected chi connectivity index (χ2v) is 7.24. The molecular formula is C20H26N4O2. The maximum Gasteiger partial charge on any atom is 0.236 e. The smallest absolute Gasteiger partial charge is 0.236 e. The second-order valence-electron chi connectivity index (χ2n) is 7.24. The fourth-order valence-corrected chi connectivity index (χ4v) is 3.99. The SMILES string of the molecule is Cn1ccnc1[C@@H]1CCCN(C(=O)CN2CCOc3ccccc3C2)C1. The van der Waals surface area contributed by atoms with E-state index in [2.05, 4.69) is 20.5 Å². The van der Waals surface area contributed by atoms with Crippen molar-refractivity contribution in [1.82, 2.24) is 19.4 Å². The number of ether oxygens (including phenoxy) is 1. The van der Waals surface area contributed by atoms with Crippen molar-refractivity contribution in [2.24, 2.45) is 7.05 Å². The maximum absolute atomic E-state index is 12.9. The number of aryl methyl sites for hydroxylation is 1. The lowest BCUT2D eigenvalue weighted by atomic mass is 9.97. The van der Waals surface area contributed by atoms with Crippen LogP contribution in [0.1, 0.15) is 30.1 Å². The molecule has 0 radical (unpaired) electrons. The second kappa shape index (κ2) is 7.50. The van der Waals surface area contributed by atoms with E-state index in [4.69, 9.17) is 4.74 Å². The Hall–Kier alpha value is -2.34. The molecule has 0 bridgehead atoms. The summed E-state index contributed by atoms with van der Waals surface area (Å²) in [6.07, 6.45) is 5.95. The minimum atomic E-state index is 0.211. The van der Waals surface area contributed by atoms with Gasteiger partial charge in [-0.1, -0.05) is 18.2 Å². The van der Waals surface area contributed by atoms with Crippen LogP contribution >= 0.6 is 0 Å². The van der Waals surface area contributed by atoms with Crippen molar-refractivity contribution in [2.75, 3.05) is 32.8 Å². The fraction of sp³-hybridized carbons (Fsp3) is 0.500. The molecule has 1 aromatic heterocycles. The van der Waals surface area contributed by atoms with Gasteiger partial charge >= 0.3 is 0 Å². The summed E-state index contributed by atoms with van der Waals surface area (Å²) in [5, 5.41) is 0. The molecule has 2 aliphatic heterocycles. The quantitative estimate of drug-likeness (QED) is 0.846. The number of likely N-dealkylation sites (tertiary alicyclic amines) is 1. The van der Waals surface area contributed by atoms with Crippen LogP contribution in [0.5, 0.6) is 5.75 Å². The third-order valence-electron chi connectivity index (χ3n) is 5.39. The number of imidazole rings is 1. The number of amides is 1. The number of benzene rings is 1. The maximum atomic E-state index is 12.9. The minimum Gasteiger partial charge on any atom is -0.492 e. The normalized spacial score (nSPS) is 21.0. The lowest BCUT2D eigenvalue weighted by Gasteiger charge is -2.33. The zero-order valence-electron chi connectivity index (χ0n) is 15.3. The summed E-state index contributed by atoms with van der Waals surface area (Å²) in [4.78, 5) is 21.6. The van der Waals surface area contributed by atoms with Gasteiger partial charge in [-0.25, -0.2) is 4.98 Å². The lowest BCUT2D eigenvalue weighted by molar-refractivity contribution is -0.133. The average Bonchev–Trinajstić information content (AvgIpc) is 2.98. The van der Waals surface area contributed by atoms with Gasteiger partial charge in [0.2, 0.25) is 5.91 Å². The number of para-hydroxylation sites is 1. The van der Waals surface area contributed by atoms with E-state index >= 15 is 0 Å². The molecule has 1 aromatic carbocycles. The van der Waals surface area contributed by atoms with Crippen LogP contribution in [0.2, 0.25) is 0 Å². The highest BCUT2D eigenvalue weighted by atomic mass is 16.5. The van der Waals surface area contributed by atoms with Gasteiger partial charge in [0.05, 0.1) is 6.54 Å². The van der Waals surface area contributed by atoms with Crippen molar-refractivity contribution in [2.45, 2.75) is 25.3 Å². The van der Waals surface area contributed by atoms with Gasteiger partial charge in [0.25, 0.3) is 0 Å². The molecule has 138 valence electrons. The van der Waals surface area contributed by atoms with Gasteiger partial charge in [0.1, 0.15) is 18.2 Å². The van der Waals surface area contributed by atoms with Crippen molar-refractivity contribution < 1.29 is 9.53 Å². The van der Waals surface area contributed by atoms with Gasteiger partial charge in [-0.05, 0) is 18.9 Å².